The summed E-state index contributed by atoms with van der Waals surface area (Å²) in [5.41, 5.74) is 1.30. The van der Waals surface area contributed by atoms with E-state index in [1.807, 2.05) is 111 Å². The predicted molar refractivity (Wildman–Crippen MR) is 243 cm³/mol. The quantitative estimate of drug-likeness (QED) is 0.0614. The normalized spacial score (nSPS) is 20.5. The number of hydrogen-bond donors (Lipinski definition) is 1. The number of aromatic nitrogens is 1. The predicted octanol–water partition coefficient (Wildman–Crippen LogP) is 10.9. The Balaban J connectivity index is 1.22. The minimum atomic E-state index is -5.19. The van der Waals surface area contributed by atoms with Crippen LogP contribution in [-0.2, 0) is 31.1 Å². The van der Waals surface area contributed by atoms with Gasteiger partial charge in [-0.15, -0.1) is 0 Å². The van der Waals surface area contributed by atoms with Gasteiger partial charge >= 0.3 is 12.4 Å². The molecule has 4 aromatic carbocycles. The Morgan fingerprint density at radius 3 is 1.91 bits per heavy atom. The van der Waals surface area contributed by atoms with Gasteiger partial charge in [0.05, 0.1) is 53.7 Å². The molecule has 7 nitrogen and oxygen atoms in total. The van der Waals surface area contributed by atoms with Gasteiger partial charge in [-0.2, -0.15) is 26.3 Å². The number of amides is 2. The number of hydrogen-bond acceptors (Lipinski definition) is 6. The number of benzene rings is 4. The molecule has 3 heterocycles. The molecule has 4 atom stereocenters. The van der Waals surface area contributed by atoms with E-state index in [1.54, 1.807) is 6.20 Å². The lowest BCUT2D eigenvalue weighted by Gasteiger charge is -2.44. The van der Waals surface area contributed by atoms with Crippen molar-refractivity contribution < 1.29 is 50.2 Å². The highest BCUT2D eigenvalue weighted by atomic mass is 28.4. The van der Waals surface area contributed by atoms with Gasteiger partial charge < -0.3 is 14.3 Å². The standard InChI is InChI=1S/C52H50F6N2O5Si/c1-31-22-33(23-32(2)47(31)61)24-34(43-18-12-13-21-59-43)19-20-44-45-35(29-65-66(50(3,4)5,39-14-8-6-9-15-39)40-16-10-7-11-17-40)25-41-46(42(45)30-64-44)49(63)60(48(41)62)38-27-36(51(53,54)55)26-37(28-38)52(56,57)58/h6-18,21-24,26-28,41-42,44,46,61H,19-20,25,29-30H2,1-5H3/b34-24-/t41-,42+,44-,46-/m1/s1. The molecule has 2 amide bonds. The molecule has 1 aromatic heterocycles. The molecule has 0 unspecified atom stereocenters. The number of imide groups is 1. The van der Waals surface area contributed by atoms with Gasteiger partial charge in [-0.1, -0.05) is 87.5 Å². The number of aryl methyl sites for hydroxylation is 2. The highest BCUT2D eigenvalue weighted by Crippen LogP contribution is 2.52. The summed E-state index contributed by atoms with van der Waals surface area (Å²) in [4.78, 5) is 34.3. The number of halogens is 6. The summed E-state index contributed by atoms with van der Waals surface area (Å²) in [6, 6.07) is 30.1. The molecule has 66 heavy (non-hydrogen) atoms. The molecule has 344 valence electrons. The molecule has 0 bridgehead atoms. The molecule has 1 N–H and O–H groups in total. The molecule has 3 aliphatic rings. The molecule has 8 rings (SSSR count). The van der Waals surface area contributed by atoms with Crippen LogP contribution in [0.3, 0.4) is 0 Å². The van der Waals surface area contributed by atoms with Crippen LogP contribution in [0, 0.1) is 31.6 Å². The molecule has 2 saturated heterocycles. The van der Waals surface area contributed by atoms with E-state index in [9.17, 15) is 41.0 Å². The van der Waals surface area contributed by atoms with Crippen LogP contribution in [0.5, 0.6) is 5.75 Å². The first-order chi connectivity index (χ1) is 31.2. The van der Waals surface area contributed by atoms with Crippen LogP contribution in [0.25, 0.3) is 11.6 Å². The highest BCUT2D eigenvalue weighted by Gasteiger charge is 2.58. The second-order valence-electron chi connectivity index (χ2n) is 18.5. The Morgan fingerprint density at radius 1 is 0.803 bits per heavy atom. The lowest BCUT2D eigenvalue weighted by Crippen LogP contribution is -2.66. The number of anilines is 1. The maximum Gasteiger partial charge on any atom is 0.416 e. The number of aromatic hydroxyl groups is 1. The summed E-state index contributed by atoms with van der Waals surface area (Å²) >= 11 is 0. The Kier molecular flexibility index (Phi) is 12.6. The Labute approximate surface area is 380 Å². The van der Waals surface area contributed by atoms with Crippen molar-refractivity contribution in [1.29, 1.82) is 0 Å². The fourth-order valence-electron chi connectivity index (χ4n) is 10.3. The van der Waals surface area contributed by atoms with E-state index < -0.39 is 78.2 Å². The average molecular weight is 925 g/mol. The van der Waals surface area contributed by atoms with Crippen LogP contribution >= 0.6 is 0 Å². The third-order valence-electron chi connectivity index (χ3n) is 13.2. The third-order valence-corrected chi connectivity index (χ3v) is 18.2. The van der Waals surface area contributed by atoms with Crippen molar-refractivity contribution in [1.82, 2.24) is 4.98 Å². The molecular weight excluding hydrogens is 875 g/mol. The molecule has 14 heteroatoms. The maximum absolute atomic E-state index is 14.6. The molecule has 5 aromatic rings. The summed E-state index contributed by atoms with van der Waals surface area (Å²) in [6.07, 6.45) is -6.45. The van der Waals surface area contributed by atoms with E-state index in [4.69, 9.17) is 9.16 Å². The van der Waals surface area contributed by atoms with Crippen molar-refractivity contribution in [3.63, 3.8) is 0 Å². The number of phenols is 1. The fraction of sp³-hybridized carbons (Fsp3) is 0.327. The maximum atomic E-state index is 14.6. The van der Waals surface area contributed by atoms with Crippen molar-refractivity contribution in [2.24, 2.45) is 17.8 Å². The second kappa shape index (κ2) is 17.8. The van der Waals surface area contributed by atoms with Crippen LogP contribution in [0.4, 0.5) is 32.0 Å². The monoisotopic (exact) mass is 924 g/mol. The molecule has 0 spiro atoms. The number of allylic oxidation sites excluding steroid dienone is 1. The first-order valence-corrected chi connectivity index (χ1v) is 23.8. The molecule has 1 aliphatic carbocycles. The average Bonchev–Trinajstić information content (AvgIpc) is 3.81. The van der Waals surface area contributed by atoms with Crippen molar-refractivity contribution in [3.8, 4) is 5.75 Å². The number of carbonyl (C=O) groups is 2. The number of alkyl halides is 6. The minimum Gasteiger partial charge on any atom is -0.507 e. The zero-order chi connectivity index (χ0) is 47.3. The first-order valence-electron chi connectivity index (χ1n) is 21.9. The number of phenolic OH excluding ortho intramolecular Hbond substituents is 1. The third kappa shape index (κ3) is 8.78. The SMILES string of the molecule is Cc1cc(/C=C(/CC[C@H]2OC[C@H]3C2=C(CO[Si](c2ccccc2)(c2ccccc2)C(C)(C)C)C[C@H]2C(=O)N(c4cc(C(F)(F)F)cc(C(F)(F)F)c4)C(=O)[C@H]23)c2ccccn2)cc(C)c1O. The number of fused-ring (bicyclic) bond motifs is 3. The fourth-order valence-corrected chi connectivity index (χ4v) is 14.8. The van der Waals surface area contributed by atoms with Gasteiger partial charge in [0.15, 0.2) is 0 Å². The van der Waals surface area contributed by atoms with E-state index in [0.717, 1.165) is 32.8 Å². The molecule has 0 saturated carbocycles. The highest BCUT2D eigenvalue weighted by molar-refractivity contribution is 6.99. The van der Waals surface area contributed by atoms with Crippen molar-refractivity contribution in [2.75, 3.05) is 18.1 Å². The Morgan fingerprint density at radius 2 is 1.38 bits per heavy atom. The summed E-state index contributed by atoms with van der Waals surface area (Å²) < 4.78 is 98.6. The van der Waals surface area contributed by atoms with E-state index >= 15 is 0 Å². The topological polar surface area (TPSA) is 89.0 Å². The van der Waals surface area contributed by atoms with Crippen LogP contribution in [0.2, 0.25) is 5.04 Å². The van der Waals surface area contributed by atoms with Crippen molar-refractivity contribution in [3.05, 3.63) is 160 Å². The number of pyridine rings is 1. The summed E-state index contributed by atoms with van der Waals surface area (Å²) in [5.74, 6) is -4.46. The van der Waals surface area contributed by atoms with E-state index in [-0.39, 0.29) is 31.5 Å². The van der Waals surface area contributed by atoms with Gasteiger partial charge in [-0.05, 0) is 130 Å². The lowest BCUT2D eigenvalue weighted by atomic mass is 9.69. The van der Waals surface area contributed by atoms with Gasteiger partial charge in [0.2, 0.25) is 11.8 Å². The number of nitrogens with zero attached hydrogens (tertiary/aromatic N) is 2. The van der Waals surface area contributed by atoms with Gasteiger partial charge in [0, 0.05) is 12.1 Å². The smallest absolute Gasteiger partial charge is 0.416 e. The van der Waals surface area contributed by atoms with E-state index in [2.05, 4.69) is 25.8 Å². The number of carbonyl (C=O) groups excluding carboxylic acids is 2. The zero-order valence-electron chi connectivity index (χ0n) is 37.1. The van der Waals surface area contributed by atoms with Gasteiger partial charge in [0.25, 0.3) is 8.32 Å². The molecular formula is C52H50F6N2O5Si. The molecule has 2 aliphatic heterocycles. The van der Waals surface area contributed by atoms with E-state index in [1.165, 1.54) is 0 Å². The lowest BCUT2D eigenvalue weighted by molar-refractivity contribution is -0.143. The zero-order valence-corrected chi connectivity index (χ0v) is 38.1. The largest absolute Gasteiger partial charge is 0.507 e. The minimum absolute atomic E-state index is 0.00782. The molecule has 2 fully saturated rings. The van der Waals surface area contributed by atoms with Crippen LogP contribution < -0.4 is 15.3 Å². The summed E-state index contributed by atoms with van der Waals surface area (Å²) in [7, 11) is -3.20. The van der Waals surface area contributed by atoms with Crippen molar-refractivity contribution >= 4 is 47.8 Å². The van der Waals surface area contributed by atoms with E-state index in [0.29, 0.717) is 46.6 Å². The van der Waals surface area contributed by atoms with Crippen molar-refractivity contribution in [2.45, 2.75) is 77.4 Å². The first kappa shape index (κ1) is 46.7. The second-order valence-corrected chi connectivity index (χ2v) is 22.8. The molecule has 0 radical (unpaired) electrons. The Hall–Kier alpha value is -5.83. The number of rotatable bonds is 11. The van der Waals surface area contributed by atoms with Crippen LogP contribution in [0.1, 0.15) is 73.5 Å². The summed E-state index contributed by atoms with van der Waals surface area (Å²) in [5, 5.41) is 12.1. The van der Waals surface area contributed by atoms with Gasteiger partial charge in [-0.25, -0.2) is 4.90 Å². The van der Waals surface area contributed by atoms with Crippen LogP contribution in [-0.4, -0.2) is 49.5 Å². The van der Waals surface area contributed by atoms with Gasteiger partial charge in [-0.3, -0.25) is 14.6 Å². The Bertz CT molecular complexity index is 2600. The van der Waals surface area contributed by atoms with Gasteiger partial charge in [0.1, 0.15) is 5.75 Å². The summed E-state index contributed by atoms with van der Waals surface area (Å²) in [6.45, 7) is 10.0. The number of ether oxygens (including phenoxy) is 1. The van der Waals surface area contributed by atoms with Crippen LogP contribution in [0.15, 0.2) is 127 Å².